The molecule has 0 aliphatic carbocycles. The molecule has 11 heavy (non-hydrogen) atoms. The first-order chi connectivity index (χ1) is 5.33. The number of allylic oxidation sites excluding steroid dienone is 1. The van der Waals surface area contributed by atoms with Gasteiger partial charge in [-0.05, 0) is 24.1 Å². The summed E-state index contributed by atoms with van der Waals surface area (Å²) < 4.78 is 12.6. The second kappa shape index (κ2) is 3.91. The van der Waals surface area contributed by atoms with E-state index in [2.05, 4.69) is 6.92 Å². The molecule has 1 heteroatoms. The van der Waals surface area contributed by atoms with Gasteiger partial charge in [0.15, 0.2) is 0 Å². The van der Waals surface area contributed by atoms with Crippen LogP contribution in [0.1, 0.15) is 18.9 Å². The first-order valence-electron chi connectivity index (χ1n) is 3.75. The highest BCUT2D eigenvalue weighted by molar-refractivity contribution is 5.48. The van der Waals surface area contributed by atoms with Gasteiger partial charge in [-0.1, -0.05) is 31.2 Å². The lowest BCUT2D eigenvalue weighted by Gasteiger charge is -1.91. The van der Waals surface area contributed by atoms with Crippen LogP contribution in [-0.2, 0) is 0 Å². The summed E-state index contributed by atoms with van der Waals surface area (Å²) in [5.74, 6) is -0.178. The van der Waals surface area contributed by atoms with Crippen molar-refractivity contribution in [3.63, 3.8) is 0 Å². The smallest absolute Gasteiger partial charge is 0.123 e. The maximum atomic E-state index is 12.6. The summed E-state index contributed by atoms with van der Waals surface area (Å²) >= 11 is 0. The molecule has 0 fully saturated rings. The minimum absolute atomic E-state index is 0.178. The Morgan fingerprint density at radius 1 is 1.45 bits per heavy atom. The minimum Gasteiger partial charge on any atom is -0.207 e. The molecular weight excluding hydrogens is 139 g/mol. The van der Waals surface area contributed by atoms with Crippen LogP contribution in [0.3, 0.4) is 0 Å². The van der Waals surface area contributed by atoms with Crippen molar-refractivity contribution < 1.29 is 4.39 Å². The average Bonchev–Trinajstić information content (AvgIpc) is 2.01. The van der Waals surface area contributed by atoms with Gasteiger partial charge in [0.05, 0.1) is 0 Å². The average molecular weight is 150 g/mol. The molecule has 0 nitrogen and oxygen atoms in total. The van der Waals surface area contributed by atoms with Crippen molar-refractivity contribution in [2.45, 2.75) is 13.3 Å². The highest BCUT2D eigenvalue weighted by Gasteiger charge is 1.88. The number of rotatable bonds is 2. The molecular formula is C10H11F. The minimum atomic E-state index is -0.178. The molecule has 1 aromatic carbocycles. The summed E-state index contributed by atoms with van der Waals surface area (Å²) in [5, 5.41) is 0. The molecule has 0 amide bonds. The Morgan fingerprint density at radius 2 is 2.27 bits per heavy atom. The summed E-state index contributed by atoms with van der Waals surface area (Å²) in [6.45, 7) is 2.05. The Balaban J connectivity index is 2.79. The van der Waals surface area contributed by atoms with E-state index in [-0.39, 0.29) is 5.82 Å². The van der Waals surface area contributed by atoms with Crippen LogP contribution < -0.4 is 0 Å². The highest BCUT2D eigenvalue weighted by atomic mass is 19.1. The van der Waals surface area contributed by atoms with Crippen LogP contribution in [0.5, 0.6) is 0 Å². The second-order valence-electron chi connectivity index (χ2n) is 2.37. The van der Waals surface area contributed by atoms with Gasteiger partial charge in [0.2, 0.25) is 0 Å². The quantitative estimate of drug-likeness (QED) is 0.607. The Hall–Kier alpha value is -1.11. The van der Waals surface area contributed by atoms with Crippen molar-refractivity contribution >= 4 is 6.08 Å². The van der Waals surface area contributed by atoms with E-state index in [9.17, 15) is 4.39 Å². The van der Waals surface area contributed by atoms with Crippen LogP contribution >= 0.6 is 0 Å². The van der Waals surface area contributed by atoms with Crippen LogP contribution in [0.4, 0.5) is 4.39 Å². The summed E-state index contributed by atoms with van der Waals surface area (Å²) in [4.78, 5) is 0. The maximum absolute atomic E-state index is 12.6. The first-order valence-corrected chi connectivity index (χ1v) is 3.75. The molecule has 0 bridgehead atoms. The third kappa shape index (κ3) is 2.54. The number of halogens is 1. The highest BCUT2D eigenvalue weighted by Crippen LogP contribution is 2.05. The van der Waals surface area contributed by atoms with Crippen LogP contribution in [0, 0.1) is 5.82 Å². The van der Waals surface area contributed by atoms with E-state index >= 15 is 0 Å². The van der Waals surface area contributed by atoms with Crippen molar-refractivity contribution in [1.29, 1.82) is 0 Å². The molecule has 1 rings (SSSR count). The largest absolute Gasteiger partial charge is 0.207 e. The van der Waals surface area contributed by atoms with Crippen molar-refractivity contribution in [3.05, 3.63) is 41.7 Å². The molecule has 0 saturated heterocycles. The second-order valence-corrected chi connectivity index (χ2v) is 2.37. The lowest BCUT2D eigenvalue weighted by Crippen LogP contribution is -1.74. The summed E-state index contributed by atoms with van der Waals surface area (Å²) in [6.07, 6.45) is 4.91. The van der Waals surface area contributed by atoms with Gasteiger partial charge in [-0.25, -0.2) is 4.39 Å². The van der Waals surface area contributed by atoms with E-state index < -0.39 is 0 Å². The van der Waals surface area contributed by atoms with Gasteiger partial charge < -0.3 is 0 Å². The Kier molecular flexibility index (Phi) is 2.84. The lowest BCUT2D eigenvalue weighted by molar-refractivity contribution is 0.627. The topological polar surface area (TPSA) is 0 Å². The van der Waals surface area contributed by atoms with Gasteiger partial charge >= 0.3 is 0 Å². The molecule has 0 aliphatic rings. The van der Waals surface area contributed by atoms with Gasteiger partial charge in [0, 0.05) is 0 Å². The third-order valence-corrected chi connectivity index (χ3v) is 1.39. The van der Waals surface area contributed by atoms with Crippen LogP contribution in [0.25, 0.3) is 6.08 Å². The molecule has 58 valence electrons. The zero-order chi connectivity index (χ0) is 8.10. The fraction of sp³-hybridized carbons (Fsp3) is 0.200. The van der Waals surface area contributed by atoms with Crippen LogP contribution in [0.15, 0.2) is 30.3 Å². The van der Waals surface area contributed by atoms with Crippen molar-refractivity contribution in [2.24, 2.45) is 0 Å². The zero-order valence-electron chi connectivity index (χ0n) is 6.55. The molecule has 0 spiro atoms. The van der Waals surface area contributed by atoms with Gasteiger partial charge in [-0.15, -0.1) is 0 Å². The van der Waals surface area contributed by atoms with Gasteiger partial charge in [-0.2, -0.15) is 0 Å². The third-order valence-electron chi connectivity index (χ3n) is 1.39. The van der Waals surface area contributed by atoms with Gasteiger partial charge in [0.1, 0.15) is 5.82 Å². The van der Waals surface area contributed by atoms with Crippen molar-refractivity contribution in [2.75, 3.05) is 0 Å². The molecule has 0 heterocycles. The zero-order valence-corrected chi connectivity index (χ0v) is 6.55. The number of hydrogen-bond donors (Lipinski definition) is 0. The molecule has 0 N–H and O–H groups in total. The van der Waals surface area contributed by atoms with Crippen molar-refractivity contribution in [1.82, 2.24) is 0 Å². The molecule has 0 aliphatic heterocycles. The van der Waals surface area contributed by atoms with Crippen LogP contribution in [-0.4, -0.2) is 0 Å². The van der Waals surface area contributed by atoms with E-state index in [1.807, 2.05) is 18.2 Å². The van der Waals surface area contributed by atoms with E-state index in [4.69, 9.17) is 0 Å². The standard InChI is InChI=1S/C10H11F/c1-2-3-5-9-6-4-7-10(11)8-9/h3-8H,2H2,1H3. The number of hydrogen-bond acceptors (Lipinski definition) is 0. The Labute approximate surface area is 66.4 Å². The predicted molar refractivity (Wildman–Crippen MR) is 45.7 cm³/mol. The Bertz CT molecular complexity index is 251. The maximum Gasteiger partial charge on any atom is 0.123 e. The normalized spacial score (nSPS) is 10.7. The summed E-state index contributed by atoms with van der Waals surface area (Å²) in [6, 6.07) is 6.56. The first kappa shape index (κ1) is 7.99. The molecule has 0 radical (unpaired) electrons. The van der Waals surface area contributed by atoms with Crippen LogP contribution in [0.2, 0.25) is 0 Å². The van der Waals surface area contributed by atoms with E-state index in [1.54, 1.807) is 6.07 Å². The van der Waals surface area contributed by atoms with Gasteiger partial charge in [0.25, 0.3) is 0 Å². The Morgan fingerprint density at radius 3 is 2.91 bits per heavy atom. The molecule has 0 atom stereocenters. The lowest BCUT2D eigenvalue weighted by atomic mass is 10.2. The SMILES string of the molecule is CCC=Cc1cccc(F)c1. The molecule has 0 unspecified atom stereocenters. The monoisotopic (exact) mass is 150 g/mol. The van der Waals surface area contributed by atoms with Crippen molar-refractivity contribution in [3.8, 4) is 0 Å². The summed E-state index contributed by atoms with van der Waals surface area (Å²) in [5.41, 5.74) is 0.923. The number of benzene rings is 1. The molecule has 1 aromatic rings. The van der Waals surface area contributed by atoms with Gasteiger partial charge in [-0.3, -0.25) is 0 Å². The fourth-order valence-electron chi connectivity index (χ4n) is 0.864. The van der Waals surface area contributed by atoms with E-state index in [0.717, 1.165) is 12.0 Å². The molecule has 0 aromatic heterocycles. The fourth-order valence-corrected chi connectivity index (χ4v) is 0.864. The van der Waals surface area contributed by atoms with E-state index in [0.29, 0.717) is 0 Å². The summed E-state index contributed by atoms with van der Waals surface area (Å²) in [7, 11) is 0. The van der Waals surface area contributed by atoms with E-state index in [1.165, 1.54) is 12.1 Å². The predicted octanol–water partition coefficient (Wildman–Crippen LogP) is 3.25. The molecule has 0 saturated carbocycles.